The second-order valence-corrected chi connectivity index (χ2v) is 13.3. The molecular formula is C36H45N3O12. The van der Waals surface area contributed by atoms with Crippen LogP contribution in [-0.4, -0.2) is 91.4 Å². The van der Waals surface area contributed by atoms with Gasteiger partial charge in [-0.25, -0.2) is 4.79 Å². The summed E-state index contributed by atoms with van der Waals surface area (Å²) in [4.78, 5) is 75.0. The van der Waals surface area contributed by atoms with E-state index >= 15 is 0 Å². The standard InChI is InChI=1S/C36H45N3O12/c1-19(40)37-31-33(49-22(4)43)32(48-21(3)42)28(18-46-20(2)41)50-34(31)38-29(16-30(44)51-36(5,6)7)39-35(45)47-17-27-25-14-10-8-12-23(25)24-13-9-11-15-26(24)27/h8-15,27-29,31-34,38H,16-18H2,1-7H3,(H,37,40)(H,39,45)/t28-,29+,31-,32-,33-,34-/m1/s1. The molecule has 2 aromatic carbocycles. The van der Waals surface area contributed by atoms with Crippen LogP contribution in [0.25, 0.3) is 11.1 Å². The molecule has 3 N–H and O–H groups in total. The van der Waals surface area contributed by atoms with Crippen LogP contribution in [0.4, 0.5) is 4.79 Å². The second kappa shape index (κ2) is 16.8. The molecule has 6 atom stereocenters. The Hall–Kier alpha value is -5.02. The Labute approximate surface area is 296 Å². The minimum Gasteiger partial charge on any atom is -0.463 e. The monoisotopic (exact) mass is 711 g/mol. The van der Waals surface area contributed by atoms with Crippen molar-refractivity contribution in [2.75, 3.05) is 13.2 Å². The van der Waals surface area contributed by atoms with E-state index in [1.54, 1.807) is 20.8 Å². The number of benzene rings is 2. The Morgan fingerprint density at radius 1 is 0.765 bits per heavy atom. The van der Waals surface area contributed by atoms with Crippen LogP contribution in [0.15, 0.2) is 48.5 Å². The maximum Gasteiger partial charge on any atom is 0.408 e. The van der Waals surface area contributed by atoms with Gasteiger partial charge in [-0.3, -0.25) is 29.3 Å². The van der Waals surface area contributed by atoms with Gasteiger partial charge in [0.1, 0.15) is 37.2 Å². The Balaban J connectivity index is 1.61. The molecule has 4 rings (SSSR count). The minimum absolute atomic E-state index is 0.0173. The van der Waals surface area contributed by atoms with Crippen LogP contribution in [-0.2, 0) is 52.4 Å². The number of ether oxygens (including phenoxy) is 6. The summed E-state index contributed by atoms with van der Waals surface area (Å²) in [6.45, 7) is 9.22. The lowest BCUT2D eigenvalue weighted by atomic mass is 9.94. The van der Waals surface area contributed by atoms with Gasteiger partial charge in [-0.05, 0) is 43.0 Å². The Morgan fingerprint density at radius 3 is 1.86 bits per heavy atom. The lowest BCUT2D eigenvalue weighted by molar-refractivity contribution is -0.229. The van der Waals surface area contributed by atoms with Crippen molar-refractivity contribution in [2.24, 2.45) is 0 Å². The highest BCUT2D eigenvalue weighted by atomic mass is 16.6. The molecule has 15 nitrogen and oxygen atoms in total. The smallest absolute Gasteiger partial charge is 0.408 e. The van der Waals surface area contributed by atoms with Crippen LogP contribution >= 0.6 is 0 Å². The van der Waals surface area contributed by atoms with Gasteiger partial charge >= 0.3 is 30.0 Å². The SMILES string of the molecule is CC(=O)N[C@@H]1[C@@H](OC(C)=O)[C@H](OC(C)=O)[C@@H](COC(C)=O)O[C@H]1N[C@H](CC(=O)OC(C)(C)C)NC(=O)OCC1c2ccccc2-c2ccccc21. The van der Waals surface area contributed by atoms with E-state index in [1.165, 1.54) is 6.92 Å². The number of amides is 2. The molecule has 1 aliphatic carbocycles. The zero-order chi connectivity index (χ0) is 37.5. The molecule has 0 saturated carbocycles. The van der Waals surface area contributed by atoms with E-state index in [1.807, 2.05) is 48.5 Å². The van der Waals surface area contributed by atoms with E-state index in [9.17, 15) is 28.8 Å². The second-order valence-electron chi connectivity index (χ2n) is 13.3. The van der Waals surface area contributed by atoms with Gasteiger partial charge in [0.15, 0.2) is 12.2 Å². The summed E-state index contributed by atoms with van der Waals surface area (Å²) >= 11 is 0. The summed E-state index contributed by atoms with van der Waals surface area (Å²) in [5, 5.41) is 8.28. The van der Waals surface area contributed by atoms with Crippen molar-refractivity contribution >= 4 is 35.9 Å². The van der Waals surface area contributed by atoms with E-state index in [0.29, 0.717) is 0 Å². The maximum absolute atomic E-state index is 13.4. The third kappa shape index (κ3) is 10.7. The molecule has 0 bridgehead atoms. The average Bonchev–Trinajstić information content (AvgIpc) is 3.34. The third-order valence-electron chi connectivity index (χ3n) is 7.91. The fourth-order valence-electron chi connectivity index (χ4n) is 6.16. The van der Waals surface area contributed by atoms with Crippen LogP contribution in [0.2, 0.25) is 0 Å². The van der Waals surface area contributed by atoms with Crippen LogP contribution in [0.1, 0.15) is 71.9 Å². The highest BCUT2D eigenvalue weighted by molar-refractivity contribution is 5.79. The summed E-state index contributed by atoms with van der Waals surface area (Å²) in [7, 11) is 0. The van der Waals surface area contributed by atoms with E-state index in [4.69, 9.17) is 28.4 Å². The van der Waals surface area contributed by atoms with Gasteiger partial charge < -0.3 is 39.1 Å². The normalized spacial score (nSPS) is 21.6. The van der Waals surface area contributed by atoms with Gasteiger partial charge in [-0.1, -0.05) is 48.5 Å². The number of esters is 4. The molecule has 1 saturated heterocycles. The van der Waals surface area contributed by atoms with Crippen molar-refractivity contribution in [3.05, 3.63) is 59.7 Å². The van der Waals surface area contributed by atoms with Gasteiger partial charge in [0.05, 0.1) is 12.6 Å². The molecule has 15 heteroatoms. The Kier molecular flexibility index (Phi) is 12.8. The zero-order valence-electron chi connectivity index (χ0n) is 29.7. The van der Waals surface area contributed by atoms with Gasteiger partial charge in [-0.2, -0.15) is 0 Å². The lowest BCUT2D eigenvalue weighted by Gasteiger charge is -2.46. The minimum atomic E-state index is -1.36. The summed E-state index contributed by atoms with van der Waals surface area (Å²) in [5.74, 6) is -3.71. The number of fused-ring (bicyclic) bond motifs is 3. The molecule has 51 heavy (non-hydrogen) atoms. The van der Waals surface area contributed by atoms with Crippen molar-refractivity contribution in [1.82, 2.24) is 16.0 Å². The van der Waals surface area contributed by atoms with Crippen molar-refractivity contribution in [3.63, 3.8) is 0 Å². The van der Waals surface area contributed by atoms with Gasteiger partial charge in [0.2, 0.25) is 5.91 Å². The molecule has 2 aliphatic rings. The van der Waals surface area contributed by atoms with E-state index < -0.39 is 91.3 Å². The van der Waals surface area contributed by atoms with Gasteiger partial charge in [-0.15, -0.1) is 0 Å². The first kappa shape index (κ1) is 38.8. The number of carbonyl (C=O) groups is 6. The maximum atomic E-state index is 13.4. The number of hydrogen-bond acceptors (Lipinski definition) is 13. The highest BCUT2D eigenvalue weighted by Gasteiger charge is 2.51. The van der Waals surface area contributed by atoms with Crippen molar-refractivity contribution in [1.29, 1.82) is 0 Å². The predicted octanol–water partition coefficient (Wildman–Crippen LogP) is 2.83. The van der Waals surface area contributed by atoms with Gasteiger partial charge in [0, 0.05) is 33.6 Å². The fraction of sp³-hybridized carbons (Fsp3) is 0.500. The van der Waals surface area contributed by atoms with Crippen LogP contribution in [0, 0.1) is 0 Å². The lowest BCUT2D eigenvalue weighted by Crippen LogP contribution is -2.71. The fourth-order valence-corrected chi connectivity index (χ4v) is 6.16. The van der Waals surface area contributed by atoms with E-state index in [-0.39, 0.29) is 12.5 Å². The van der Waals surface area contributed by atoms with Crippen LogP contribution in [0.3, 0.4) is 0 Å². The molecular weight excluding hydrogens is 666 g/mol. The topological polar surface area (TPSA) is 194 Å². The summed E-state index contributed by atoms with van der Waals surface area (Å²) in [6, 6.07) is 14.4. The zero-order valence-corrected chi connectivity index (χ0v) is 29.7. The first-order valence-corrected chi connectivity index (χ1v) is 16.5. The number of hydrogen-bond donors (Lipinski definition) is 3. The van der Waals surface area contributed by atoms with Crippen molar-refractivity contribution in [3.8, 4) is 11.1 Å². The number of nitrogens with one attached hydrogen (secondary N) is 3. The summed E-state index contributed by atoms with van der Waals surface area (Å²) in [5.41, 5.74) is 3.23. The molecule has 0 aromatic heterocycles. The van der Waals surface area contributed by atoms with Crippen LogP contribution in [0.5, 0.6) is 0 Å². The largest absolute Gasteiger partial charge is 0.463 e. The van der Waals surface area contributed by atoms with E-state index in [0.717, 1.165) is 43.0 Å². The molecule has 0 unspecified atom stereocenters. The molecule has 0 radical (unpaired) electrons. The van der Waals surface area contributed by atoms with Crippen molar-refractivity contribution in [2.45, 2.75) is 103 Å². The Bertz CT molecular complexity index is 1580. The number of alkyl carbamates (subject to hydrolysis) is 1. The van der Waals surface area contributed by atoms with E-state index in [2.05, 4.69) is 16.0 Å². The van der Waals surface area contributed by atoms with Crippen molar-refractivity contribution < 1.29 is 57.2 Å². The molecule has 276 valence electrons. The molecule has 0 spiro atoms. The molecule has 2 aromatic rings. The van der Waals surface area contributed by atoms with Crippen LogP contribution < -0.4 is 16.0 Å². The molecule has 1 aliphatic heterocycles. The summed E-state index contributed by atoms with van der Waals surface area (Å²) in [6.07, 6.45) is -7.80. The third-order valence-corrected chi connectivity index (χ3v) is 7.91. The number of rotatable bonds is 12. The van der Waals surface area contributed by atoms with Gasteiger partial charge in [0.25, 0.3) is 0 Å². The quantitative estimate of drug-likeness (QED) is 0.166. The predicted molar refractivity (Wildman–Crippen MR) is 180 cm³/mol. The molecule has 2 amide bonds. The molecule has 1 fully saturated rings. The summed E-state index contributed by atoms with van der Waals surface area (Å²) < 4.78 is 33.6. The highest BCUT2D eigenvalue weighted by Crippen LogP contribution is 2.44. The average molecular weight is 712 g/mol. The Morgan fingerprint density at radius 2 is 1.33 bits per heavy atom. The first-order valence-electron chi connectivity index (χ1n) is 16.5. The first-order chi connectivity index (χ1) is 24.0. The number of carbonyl (C=O) groups excluding carboxylic acids is 6. The molecule has 1 heterocycles.